The SMILES string of the molecule is CCC(C)n1cc(C(C)C)c2ccccc21. The molecule has 86 valence electrons. The summed E-state index contributed by atoms with van der Waals surface area (Å²) in [6.45, 7) is 9.07. The molecular formula is C15H21N. The van der Waals surface area contributed by atoms with Crippen LogP contribution >= 0.6 is 0 Å². The maximum atomic E-state index is 2.42. The Hall–Kier alpha value is -1.24. The predicted molar refractivity (Wildman–Crippen MR) is 71.0 cm³/mol. The zero-order valence-corrected chi connectivity index (χ0v) is 10.7. The smallest absolute Gasteiger partial charge is 0.0485 e. The van der Waals surface area contributed by atoms with Crippen LogP contribution in [0.1, 0.15) is 51.6 Å². The van der Waals surface area contributed by atoms with Crippen molar-refractivity contribution in [2.75, 3.05) is 0 Å². The van der Waals surface area contributed by atoms with Crippen molar-refractivity contribution in [1.82, 2.24) is 4.57 Å². The molecule has 0 radical (unpaired) electrons. The highest BCUT2D eigenvalue weighted by Crippen LogP contribution is 2.30. The summed E-state index contributed by atoms with van der Waals surface area (Å²) in [6.07, 6.45) is 3.51. The van der Waals surface area contributed by atoms with E-state index in [-0.39, 0.29) is 0 Å². The van der Waals surface area contributed by atoms with Crippen LogP contribution in [0.25, 0.3) is 10.9 Å². The fourth-order valence-electron chi connectivity index (χ4n) is 2.25. The minimum Gasteiger partial charge on any atom is -0.344 e. The molecule has 0 aliphatic heterocycles. The number of hydrogen-bond donors (Lipinski definition) is 0. The van der Waals surface area contributed by atoms with Crippen molar-refractivity contribution < 1.29 is 0 Å². The zero-order valence-electron chi connectivity index (χ0n) is 10.7. The first-order valence-corrected chi connectivity index (χ1v) is 6.24. The number of para-hydroxylation sites is 1. The molecule has 1 atom stereocenters. The van der Waals surface area contributed by atoms with E-state index in [2.05, 4.69) is 62.7 Å². The van der Waals surface area contributed by atoms with Crippen LogP contribution in [0.5, 0.6) is 0 Å². The lowest BCUT2D eigenvalue weighted by atomic mass is 10.0. The Labute approximate surface area is 98.1 Å². The number of hydrogen-bond acceptors (Lipinski definition) is 0. The van der Waals surface area contributed by atoms with Crippen molar-refractivity contribution in [2.24, 2.45) is 0 Å². The normalized spacial score (nSPS) is 13.6. The highest BCUT2D eigenvalue weighted by atomic mass is 15.0. The zero-order chi connectivity index (χ0) is 11.7. The molecule has 0 fully saturated rings. The van der Waals surface area contributed by atoms with Gasteiger partial charge in [0.05, 0.1) is 0 Å². The molecule has 2 rings (SSSR count). The maximum absolute atomic E-state index is 2.42. The molecule has 0 aliphatic rings. The summed E-state index contributed by atoms with van der Waals surface area (Å²) in [6, 6.07) is 9.31. The van der Waals surface area contributed by atoms with Crippen molar-refractivity contribution in [2.45, 2.75) is 46.1 Å². The van der Waals surface area contributed by atoms with E-state index < -0.39 is 0 Å². The van der Waals surface area contributed by atoms with Crippen molar-refractivity contribution in [1.29, 1.82) is 0 Å². The summed E-state index contributed by atoms with van der Waals surface area (Å²) in [5, 5.41) is 1.41. The van der Waals surface area contributed by atoms with E-state index in [0.29, 0.717) is 12.0 Å². The van der Waals surface area contributed by atoms with Crippen molar-refractivity contribution in [3.05, 3.63) is 36.0 Å². The van der Waals surface area contributed by atoms with E-state index in [9.17, 15) is 0 Å². The average Bonchev–Trinajstić information content (AvgIpc) is 2.67. The molecule has 16 heavy (non-hydrogen) atoms. The van der Waals surface area contributed by atoms with Crippen LogP contribution in [-0.4, -0.2) is 4.57 Å². The lowest BCUT2D eigenvalue weighted by Crippen LogP contribution is -2.01. The minimum atomic E-state index is 0.581. The summed E-state index contributed by atoms with van der Waals surface area (Å²) in [5.41, 5.74) is 2.84. The lowest BCUT2D eigenvalue weighted by molar-refractivity contribution is 0.546. The van der Waals surface area contributed by atoms with Crippen LogP contribution in [0.4, 0.5) is 0 Å². The molecule has 1 aromatic carbocycles. The molecule has 0 saturated carbocycles. The second kappa shape index (κ2) is 4.32. The van der Waals surface area contributed by atoms with Gasteiger partial charge in [-0.1, -0.05) is 39.0 Å². The second-order valence-electron chi connectivity index (χ2n) is 4.92. The third-order valence-corrected chi connectivity index (χ3v) is 3.46. The van der Waals surface area contributed by atoms with Gasteiger partial charge in [-0.15, -0.1) is 0 Å². The fraction of sp³-hybridized carbons (Fsp3) is 0.467. The molecule has 1 heterocycles. The van der Waals surface area contributed by atoms with Crippen molar-refractivity contribution in [3.8, 4) is 0 Å². The van der Waals surface area contributed by atoms with Gasteiger partial charge in [0.25, 0.3) is 0 Å². The van der Waals surface area contributed by atoms with Crippen LogP contribution < -0.4 is 0 Å². The second-order valence-corrected chi connectivity index (χ2v) is 4.92. The van der Waals surface area contributed by atoms with E-state index in [1.807, 2.05) is 0 Å². The van der Waals surface area contributed by atoms with Crippen LogP contribution in [0, 0.1) is 0 Å². The first kappa shape index (κ1) is 11.3. The molecule has 0 saturated heterocycles. The van der Waals surface area contributed by atoms with Gasteiger partial charge in [-0.05, 0) is 30.9 Å². The first-order chi connectivity index (χ1) is 7.65. The van der Waals surface area contributed by atoms with E-state index in [1.54, 1.807) is 0 Å². The van der Waals surface area contributed by atoms with E-state index >= 15 is 0 Å². The largest absolute Gasteiger partial charge is 0.344 e. The van der Waals surface area contributed by atoms with Gasteiger partial charge in [-0.25, -0.2) is 0 Å². The van der Waals surface area contributed by atoms with Crippen LogP contribution in [-0.2, 0) is 0 Å². The number of benzene rings is 1. The Morgan fingerprint density at radius 1 is 1.12 bits per heavy atom. The average molecular weight is 215 g/mol. The standard InChI is InChI=1S/C15H21N/c1-5-12(4)16-10-14(11(2)3)13-8-6-7-9-15(13)16/h6-12H,5H2,1-4H3. The van der Waals surface area contributed by atoms with Crippen molar-refractivity contribution >= 4 is 10.9 Å². The molecule has 0 amide bonds. The quantitative estimate of drug-likeness (QED) is 0.697. The first-order valence-electron chi connectivity index (χ1n) is 6.24. The maximum Gasteiger partial charge on any atom is 0.0485 e. The molecule has 0 aliphatic carbocycles. The Balaban J connectivity index is 2.66. The topological polar surface area (TPSA) is 4.93 Å². The fourth-order valence-corrected chi connectivity index (χ4v) is 2.25. The summed E-state index contributed by atoms with van der Waals surface area (Å²) >= 11 is 0. The predicted octanol–water partition coefficient (Wildman–Crippen LogP) is 4.74. The Bertz CT molecular complexity index is 479. The molecule has 1 unspecified atom stereocenters. The molecule has 0 N–H and O–H groups in total. The summed E-state index contributed by atoms with van der Waals surface area (Å²) in [7, 11) is 0. The van der Waals surface area contributed by atoms with Gasteiger partial charge in [-0.3, -0.25) is 0 Å². The molecule has 1 heteroatoms. The number of fused-ring (bicyclic) bond motifs is 1. The van der Waals surface area contributed by atoms with Gasteiger partial charge in [0.2, 0.25) is 0 Å². The highest BCUT2D eigenvalue weighted by Gasteiger charge is 2.13. The summed E-state index contributed by atoms with van der Waals surface area (Å²) in [4.78, 5) is 0. The monoisotopic (exact) mass is 215 g/mol. The van der Waals surface area contributed by atoms with Gasteiger partial charge in [0.15, 0.2) is 0 Å². The number of aromatic nitrogens is 1. The van der Waals surface area contributed by atoms with E-state index in [0.717, 1.165) is 0 Å². The molecule has 0 bridgehead atoms. The third-order valence-electron chi connectivity index (χ3n) is 3.46. The van der Waals surface area contributed by atoms with E-state index in [1.165, 1.54) is 22.9 Å². The summed E-state index contributed by atoms with van der Waals surface area (Å²) < 4.78 is 2.42. The molecule has 1 nitrogen and oxygen atoms in total. The molecular weight excluding hydrogens is 194 g/mol. The van der Waals surface area contributed by atoms with Crippen LogP contribution in [0.2, 0.25) is 0 Å². The highest BCUT2D eigenvalue weighted by molar-refractivity contribution is 5.84. The lowest BCUT2D eigenvalue weighted by Gasteiger charge is -2.12. The Morgan fingerprint density at radius 3 is 2.44 bits per heavy atom. The van der Waals surface area contributed by atoms with Gasteiger partial charge in [0.1, 0.15) is 0 Å². The van der Waals surface area contributed by atoms with Crippen LogP contribution in [0.15, 0.2) is 30.5 Å². The Kier molecular flexibility index (Phi) is 3.04. The molecule has 1 aromatic heterocycles. The summed E-state index contributed by atoms with van der Waals surface area (Å²) in [5.74, 6) is 0.593. The van der Waals surface area contributed by atoms with Crippen LogP contribution in [0.3, 0.4) is 0 Å². The van der Waals surface area contributed by atoms with Crippen molar-refractivity contribution in [3.63, 3.8) is 0 Å². The number of nitrogens with zero attached hydrogens (tertiary/aromatic N) is 1. The Morgan fingerprint density at radius 2 is 1.81 bits per heavy atom. The number of rotatable bonds is 3. The third kappa shape index (κ3) is 1.75. The minimum absolute atomic E-state index is 0.581. The molecule has 0 spiro atoms. The van der Waals surface area contributed by atoms with E-state index in [4.69, 9.17) is 0 Å². The van der Waals surface area contributed by atoms with Gasteiger partial charge >= 0.3 is 0 Å². The van der Waals surface area contributed by atoms with Gasteiger partial charge in [0, 0.05) is 23.1 Å². The molecule has 2 aromatic rings. The van der Waals surface area contributed by atoms with Gasteiger partial charge < -0.3 is 4.57 Å². The van der Waals surface area contributed by atoms with Gasteiger partial charge in [-0.2, -0.15) is 0 Å².